The Labute approximate surface area is 125 Å². The SMILES string of the molecule is CC(C)(C)CC(C)(C)Nc1c(F)cc(N)c2cccnc12. The molecular formula is C17H24FN3. The normalized spacial score (nSPS) is 12.7. The molecule has 1 aromatic heterocycles. The number of nitrogen functional groups attached to an aromatic ring is 1. The summed E-state index contributed by atoms with van der Waals surface area (Å²) in [5.41, 5.74) is 7.19. The van der Waals surface area contributed by atoms with E-state index in [4.69, 9.17) is 5.73 Å². The van der Waals surface area contributed by atoms with Crippen molar-refractivity contribution in [3.05, 3.63) is 30.2 Å². The highest BCUT2D eigenvalue weighted by Crippen LogP contribution is 2.35. The average molecular weight is 289 g/mol. The van der Waals surface area contributed by atoms with E-state index in [1.54, 1.807) is 12.3 Å². The minimum absolute atomic E-state index is 0.143. The predicted octanol–water partition coefficient (Wildman–Crippen LogP) is 4.58. The summed E-state index contributed by atoms with van der Waals surface area (Å²) in [5, 5.41) is 4.09. The molecule has 0 radical (unpaired) electrons. The van der Waals surface area contributed by atoms with Crippen LogP contribution in [0, 0.1) is 11.2 Å². The summed E-state index contributed by atoms with van der Waals surface area (Å²) in [6, 6.07) is 5.03. The number of nitrogens with zero attached hydrogens (tertiary/aromatic N) is 1. The van der Waals surface area contributed by atoms with E-state index in [1.807, 2.05) is 6.07 Å². The first-order valence-corrected chi connectivity index (χ1v) is 7.20. The molecular weight excluding hydrogens is 265 g/mol. The molecule has 2 rings (SSSR count). The van der Waals surface area contributed by atoms with Gasteiger partial charge in [0.2, 0.25) is 0 Å². The number of pyridine rings is 1. The molecule has 1 heterocycles. The van der Waals surface area contributed by atoms with Gasteiger partial charge in [0.25, 0.3) is 0 Å². The molecule has 0 saturated heterocycles. The van der Waals surface area contributed by atoms with E-state index >= 15 is 0 Å². The van der Waals surface area contributed by atoms with Gasteiger partial charge in [-0.05, 0) is 43.9 Å². The van der Waals surface area contributed by atoms with E-state index in [0.29, 0.717) is 16.9 Å². The Hall–Kier alpha value is -1.84. The lowest BCUT2D eigenvalue weighted by Crippen LogP contribution is -2.35. The maximum Gasteiger partial charge on any atom is 0.150 e. The van der Waals surface area contributed by atoms with E-state index in [0.717, 1.165) is 11.8 Å². The number of rotatable bonds is 3. The topological polar surface area (TPSA) is 50.9 Å². The molecule has 21 heavy (non-hydrogen) atoms. The highest BCUT2D eigenvalue weighted by Gasteiger charge is 2.27. The van der Waals surface area contributed by atoms with Gasteiger partial charge in [0.05, 0.1) is 11.2 Å². The maximum atomic E-state index is 14.4. The molecule has 0 aliphatic carbocycles. The molecule has 0 atom stereocenters. The molecule has 1 aromatic carbocycles. The molecule has 0 spiro atoms. The van der Waals surface area contributed by atoms with Crippen LogP contribution in [0.15, 0.2) is 24.4 Å². The predicted molar refractivity (Wildman–Crippen MR) is 87.9 cm³/mol. The largest absolute Gasteiger partial charge is 0.398 e. The van der Waals surface area contributed by atoms with Crippen LogP contribution >= 0.6 is 0 Å². The highest BCUT2D eigenvalue weighted by atomic mass is 19.1. The lowest BCUT2D eigenvalue weighted by atomic mass is 9.81. The summed E-state index contributed by atoms with van der Waals surface area (Å²) >= 11 is 0. The van der Waals surface area contributed by atoms with Gasteiger partial charge in [-0.25, -0.2) is 4.39 Å². The van der Waals surface area contributed by atoms with Crippen LogP contribution in [-0.4, -0.2) is 10.5 Å². The molecule has 114 valence electrons. The third kappa shape index (κ3) is 3.63. The van der Waals surface area contributed by atoms with Gasteiger partial charge in [-0.3, -0.25) is 4.98 Å². The Morgan fingerprint density at radius 1 is 1.24 bits per heavy atom. The smallest absolute Gasteiger partial charge is 0.150 e. The van der Waals surface area contributed by atoms with Crippen LogP contribution in [0.25, 0.3) is 10.9 Å². The molecule has 0 fully saturated rings. The maximum absolute atomic E-state index is 14.4. The molecule has 4 heteroatoms. The monoisotopic (exact) mass is 289 g/mol. The second-order valence-corrected chi connectivity index (χ2v) is 7.47. The van der Waals surface area contributed by atoms with Crippen molar-refractivity contribution in [1.82, 2.24) is 4.98 Å². The number of fused-ring (bicyclic) bond motifs is 1. The number of nitrogens with one attached hydrogen (secondary N) is 1. The quantitative estimate of drug-likeness (QED) is 0.813. The lowest BCUT2D eigenvalue weighted by Gasteiger charge is -2.34. The first-order chi connectivity index (χ1) is 9.59. The number of nitrogens with two attached hydrogens (primary N) is 1. The van der Waals surface area contributed by atoms with Gasteiger partial charge >= 0.3 is 0 Å². The van der Waals surface area contributed by atoms with Gasteiger partial charge in [-0.1, -0.05) is 20.8 Å². The molecule has 0 bridgehead atoms. The third-order valence-electron chi connectivity index (χ3n) is 3.31. The van der Waals surface area contributed by atoms with Gasteiger partial charge in [0, 0.05) is 22.8 Å². The summed E-state index contributed by atoms with van der Waals surface area (Å²) in [4.78, 5) is 4.30. The van der Waals surface area contributed by atoms with E-state index in [2.05, 4.69) is 44.9 Å². The minimum atomic E-state index is -0.360. The van der Waals surface area contributed by atoms with Crippen molar-refractivity contribution < 1.29 is 4.39 Å². The second kappa shape index (κ2) is 5.17. The van der Waals surface area contributed by atoms with Crippen molar-refractivity contribution in [3.63, 3.8) is 0 Å². The Morgan fingerprint density at radius 3 is 2.52 bits per heavy atom. The average Bonchev–Trinajstić information content (AvgIpc) is 2.31. The zero-order valence-corrected chi connectivity index (χ0v) is 13.4. The van der Waals surface area contributed by atoms with Crippen LogP contribution < -0.4 is 11.1 Å². The Bertz CT molecular complexity index is 657. The Balaban J connectivity index is 2.47. The summed E-state index contributed by atoms with van der Waals surface area (Å²) in [6.07, 6.45) is 2.56. The fraction of sp³-hybridized carbons (Fsp3) is 0.471. The van der Waals surface area contributed by atoms with Crippen molar-refractivity contribution in [2.24, 2.45) is 5.41 Å². The standard InChI is InChI=1S/C17H24FN3/c1-16(2,3)10-17(4,5)21-15-12(18)9-13(19)11-7-6-8-20-14(11)15/h6-9,21H,10,19H2,1-5H3. The Morgan fingerprint density at radius 2 is 1.90 bits per heavy atom. The first-order valence-electron chi connectivity index (χ1n) is 7.20. The van der Waals surface area contributed by atoms with Crippen molar-refractivity contribution in [2.75, 3.05) is 11.1 Å². The molecule has 0 unspecified atom stereocenters. The molecule has 3 nitrogen and oxygen atoms in total. The molecule has 0 saturated carbocycles. The van der Waals surface area contributed by atoms with Crippen LogP contribution in [0.2, 0.25) is 0 Å². The van der Waals surface area contributed by atoms with E-state index in [1.165, 1.54) is 6.07 Å². The summed E-state index contributed by atoms with van der Waals surface area (Å²) in [7, 11) is 0. The van der Waals surface area contributed by atoms with Gasteiger partial charge in [0.1, 0.15) is 0 Å². The van der Waals surface area contributed by atoms with Crippen LogP contribution in [0.4, 0.5) is 15.8 Å². The van der Waals surface area contributed by atoms with E-state index in [-0.39, 0.29) is 16.8 Å². The number of hydrogen-bond donors (Lipinski definition) is 2. The second-order valence-electron chi connectivity index (χ2n) is 7.47. The number of benzene rings is 1. The molecule has 2 aromatic rings. The summed E-state index contributed by atoms with van der Waals surface area (Å²) < 4.78 is 14.4. The molecule has 0 aliphatic heterocycles. The summed E-state index contributed by atoms with van der Waals surface area (Å²) in [5.74, 6) is -0.360. The zero-order chi connectivity index (χ0) is 15.8. The summed E-state index contributed by atoms with van der Waals surface area (Å²) in [6.45, 7) is 10.7. The van der Waals surface area contributed by atoms with Crippen molar-refractivity contribution in [3.8, 4) is 0 Å². The lowest BCUT2D eigenvalue weighted by molar-refractivity contribution is 0.302. The van der Waals surface area contributed by atoms with Crippen molar-refractivity contribution in [2.45, 2.75) is 46.6 Å². The van der Waals surface area contributed by atoms with Crippen LogP contribution in [-0.2, 0) is 0 Å². The van der Waals surface area contributed by atoms with Gasteiger partial charge in [0.15, 0.2) is 5.82 Å². The third-order valence-corrected chi connectivity index (χ3v) is 3.31. The van der Waals surface area contributed by atoms with E-state index in [9.17, 15) is 4.39 Å². The van der Waals surface area contributed by atoms with Gasteiger partial charge in [-0.15, -0.1) is 0 Å². The first kappa shape index (κ1) is 15.5. The van der Waals surface area contributed by atoms with Crippen molar-refractivity contribution in [1.29, 1.82) is 0 Å². The van der Waals surface area contributed by atoms with Crippen molar-refractivity contribution >= 4 is 22.3 Å². The zero-order valence-electron chi connectivity index (χ0n) is 13.4. The van der Waals surface area contributed by atoms with Gasteiger partial charge < -0.3 is 11.1 Å². The van der Waals surface area contributed by atoms with Crippen LogP contribution in [0.5, 0.6) is 0 Å². The van der Waals surface area contributed by atoms with E-state index < -0.39 is 0 Å². The van der Waals surface area contributed by atoms with Crippen LogP contribution in [0.1, 0.15) is 41.0 Å². The molecule has 0 aliphatic rings. The van der Waals surface area contributed by atoms with Gasteiger partial charge in [-0.2, -0.15) is 0 Å². The Kier molecular flexibility index (Phi) is 3.83. The number of aromatic nitrogens is 1. The number of halogens is 1. The fourth-order valence-corrected chi connectivity index (χ4v) is 3.06. The molecule has 3 N–H and O–H groups in total. The highest BCUT2D eigenvalue weighted by molar-refractivity contribution is 5.98. The fourth-order valence-electron chi connectivity index (χ4n) is 3.06. The van der Waals surface area contributed by atoms with Crippen LogP contribution in [0.3, 0.4) is 0 Å². The minimum Gasteiger partial charge on any atom is -0.398 e. The molecule has 0 amide bonds. The number of anilines is 2. The number of hydrogen-bond acceptors (Lipinski definition) is 3.